The molecule has 3 N–H and O–H groups in total. The van der Waals surface area contributed by atoms with E-state index in [1.165, 1.54) is 12.1 Å². The molecule has 1 heterocycles. The molecule has 0 fully saturated rings. The fourth-order valence-corrected chi connectivity index (χ4v) is 3.22. The van der Waals surface area contributed by atoms with Crippen LogP contribution in [0.25, 0.3) is 0 Å². The number of amides is 2. The summed E-state index contributed by atoms with van der Waals surface area (Å²) in [6.07, 6.45) is -0.109. The smallest absolute Gasteiger partial charge is 0.225 e. The zero-order valence-electron chi connectivity index (χ0n) is 14.2. The van der Waals surface area contributed by atoms with Gasteiger partial charge in [-0.05, 0) is 29.3 Å². The molecular weight excluding hydrogens is 335 g/mol. The van der Waals surface area contributed by atoms with Crippen LogP contribution in [0.4, 0.5) is 10.1 Å². The molecule has 26 heavy (non-hydrogen) atoms. The molecule has 136 valence electrons. The maximum Gasteiger partial charge on any atom is 0.225 e. The van der Waals surface area contributed by atoms with Gasteiger partial charge in [0.1, 0.15) is 5.82 Å². The summed E-state index contributed by atoms with van der Waals surface area (Å²) in [5, 5.41) is 15.5. The molecule has 0 radical (unpaired) electrons. The second-order valence-electron chi connectivity index (χ2n) is 6.53. The van der Waals surface area contributed by atoms with Crippen LogP contribution in [0.3, 0.4) is 0 Å². The lowest BCUT2D eigenvalue weighted by molar-refractivity contribution is -0.122. The van der Waals surface area contributed by atoms with Crippen molar-refractivity contribution in [2.45, 2.75) is 31.3 Å². The second kappa shape index (κ2) is 8.10. The minimum atomic E-state index is -0.803. The number of carbonyl (C=O) groups excluding carboxylic acids is 2. The van der Waals surface area contributed by atoms with Crippen LogP contribution in [0, 0.1) is 5.82 Å². The van der Waals surface area contributed by atoms with Crippen molar-refractivity contribution >= 4 is 17.5 Å². The van der Waals surface area contributed by atoms with Gasteiger partial charge in [0, 0.05) is 37.4 Å². The van der Waals surface area contributed by atoms with Crippen molar-refractivity contribution < 1.29 is 19.1 Å². The van der Waals surface area contributed by atoms with E-state index in [1.54, 1.807) is 12.1 Å². The molecule has 6 heteroatoms. The highest BCUT2D eigenvalue weighted by molar-refractivity contribution is 5.95. The Labute approximate surface area is 151 Å². The van der Waals surface area contributed by atoms with Crippen LogP contribution in [0.15, 0.2) is 48.5 Å². The maximum atomic E-state index is 13.2. The Balaban J connectivity index is 1.52. The fourth-order valence-electron chi connectivity index (χ4n) is 3.22. The van der Waals surface area contributed by atoms with Crippen LogP contribution in [-0.2, 0) is 16.0 Å². The van der Waals surface area contributed by atoms with Gasteiger partial charge in [0.25, 0.3) is 0 Å². The maximum absolute atomic E-state index is 13.2. The van der Waals surface area contributed by atoms with Crippen LogP contribution in [0.1, 0.15) is 29.9 Å². The molecule has 2 aromatic rings. The van der Waals surface area contributed by atoms with E-state index in [0.29, 0.717) is 5.56 Å². The van der Waals surface area contributed by atoms with Crippen molar-refractivity contribution in [3.63, 3.8) is 0 Å². The zero-order valence-corrected chi connectivity index (χ0v) is 14.2. The molecule has 2 atom stereocenters. The molecule has 5 nitrogen and oxygen atoms in total. The number of benzene rings is 2. The largest absolute Gasteiger partial charge is 0.391 e. The summed E-state index contributed by atoms with van der Waals surface area (Å²) in [5.41, 5.74) is 2.36. The van der Waals surface area contributed by atoms with E-state index >= 15 is 0 Å². The molecule has 1 aliphatic rings. The number of anilines is 1. The molecule has 0 saturated heterocycles. The highest BCUT2D eigenvalue weighted by Gasteiger charge is 2.26. The standard InChI is InChI=1S/C20H21FN2O3/c21-15-5-3-4-13(8-15)9-16(24)12-22-19(25)10-14-11-20(26)23-18-7-2-1-6-17(14)18/h1-8,14,16,24H,9-12H2,(H,22,25)(H,23,26). The van der Waals surface area contributed by atoms with Crippen LogP contribution in [0.2, 0.25) is 0 Å². The van der Waals surface area contributed by atoms with E-state index in [4.69, 9.17) is 0 Å². The minimum absolute atomic E-state index is 0.0793. The predicted molar refractivity (Wildman–Crippen MR) is 96.2 cm³/mol. The average molecular weight is 356 g/mol. The van der Waals surface area contributed by atoms with Crippen LogP contribution >= 0.6 is 0 Å². The first-order valence-electron chi connectivity index (χ1n) is 8.59. The van der Waals surface area contributed by atoms with Gasteiger partial charge in [-0.15, -0.1) is 0 Å². The number of nitrogens with one attached hydrogen (secondary N) is 2. The Morgan fingerprint density at radius 3 is 2.88 bits per heavy atom. The van der Waals surface area contributed by atoms with Gasteiger partial charge >= 0.3 is 0 Å². The summed E-state index contributed by atoms with van der Waals surface area (Å²) < 4.78 is 13.2. The highest BCUT2D eigenvalue weighted by atomic mass is 19.1. The van der Waals surface area contributed by atoms with E-state index in [0.717, 1.165) is 11.3 Å². The lowest BCUT2D eigenvalue weighted by Crippen LogP contribution is -2.35. The van der Waals surface area contributed by atoms with Gasteiger partial charge in [0.2, 0.25) is 11.8 Å². The summed E-state index contributed by atoms with van der Waals surface area (Å²) in [7, 11) is 0. The topological polar surface area (TPSA) is 78.4 Å². The Kier molecular flexibility index (Phi) is 5.63. The molecule has 3 rings (SSSR count). The normalized spacial score (nSPS) is 17.2. The van der Waals surface area contributed by atoms with E-state index in [-0.39, 0.29) is 49.4 Å². The number of para-hydroxylation sites is 1. The number of rotatable bonds is 6. The Morgan fingerprint density at radius 1 is 1.27 bits per heavy atom. The monoisotopic (exact) mass is 356 g/mol. The number of fused-ring (bicyclic) bond motifs is 1. The second-order valence-corrected chi connectivity index (χ2v) is 6.53. The van der Waals surface area contributed by atoms with Crippen molar-refractivity contribution in [1.29, 1.82) is 0 Å². The number of hydrogen-bond donors (Lipinski definition) is 3. The van der Waals surface area contributed by atoms with Crippen LogP contribution in [-0.4, -0.2) is 29.6 Å². The van der Waals surface area contributed by atoms with E-state index < -0.39 is 6.10 Å². The SMILES string of the molecule is O=C(CC1CC(=O)Nc2ccccc21)NCC(O)Cc1cccc(F)c1. The van der Waals surface area contributed by atoms with Crippen molar-refractivity contribution in [3.8, 4) is 0 Å². The number of aliphatic hydroxyl groups is 1. The fraction of sp³-hybridized carbons (Fsp3) is 0.300. The Bertz CT molecular complexity index is 809. The molecule has 0 aromatic heterocycles. The van der Waals surface area contributed by atoms with E-state index in [9.17, 15) is 19.1 Å². The van der Waals surface area contributed by atoms with E-state index in [1.807, 2.05) is 24.3 Å². The first-order chi connectivity index (χ1) is 12.5. The number of halogens is 1. The Hall–Kier alpha value is -2.73. The molecule has 2 amide bonds. The number of carbonyl (C=O) groups is 2. The van der Waals surface area contributed by atoms with Crippen LogP contribution in [0.5, 0.6) is 0 Å². The lowest BCUT2D eigenvalue weighted by Gasteiger charge is -2.25. The van der Waals surface area contributed by atoms with Gasteiger partial charge in [-0.25, -0.2) is 4.39 Å². The molecular formula is C20H21FN2O3. The summed E-state index contributed by atoms with van der Waals surface area (Å²) in [6.45, 7) is 0.0793. The average Bonchev–Trinajstić information content (AvgIpc) is 2.60. The van der Waals surface area contributed by atoms with Gasteiger partial charge in [-0.3, -0.25) is 9.59 Å². The lowest BCUT2D eigenvalue weighted by atomic mass is 9.88. The van der Waals surface area contributed by atoms with Gasteiger partial charge in [0.15, 0.2) is 0 Å². The first-order valence-corrected chi connectivity index (χ1v) is 8.59. The molecule has 2 aromatic carbocycles. The third-order valence-electron chi connectivity index (χ3n) is 4.43. The summed E-state index contributed by atoms with van der Waals surface area (Å²) >= 11 is 0. The van der Waals surface area contributed by atoms with Crippen molar-refractivity contribution in [2.24, 2.45) is 0 Å². The first kappa shape index (κ1) is 18.1. The molecule has 0 aliphatic carbocycles. The summed E-state index contributed by atoms with van der Waals surface area (Å²) in [5.74, 6) is -0.862. The van der Waals surface area contributed by atoms with Gasteiger partial charge < -0.3 is 15.7 Å². The molecule has 0 saturated carbocycles. The highest BCUT2D eigenvalue weighted by Crippen LogP contribution is 2.34. The molecule has 0 bridgehead atoms. The predicted octanol–water partition coefficient (Wildman–Crippen LogP) is 2.36. The summed E-state index contributed by atoms with van der Waals surface area (Å²) in [6, 6.07) is 13.5. The van der Waals surface area contributed by atoms with Gasteiger partial charge in [-0.2, -0.15) is 0 Å². The third-order valence-corrected chi connectivity index (χ3v) is 4.43. The summed E-state index contributed by atoms with van der Waals surface area (Å²) in [4.78, 5) is 24.0. The van der Waals surface area contributed by atoms with Crippen molar-refractivity contribution in [2.75, 3.05) is 11.9 Å². The van der Waals surface area contributed by atoms with Crippen molar-refractivity contribution in [1.82, 2.24) is 5.32 Å². The minimum Gasteiger partial charge on any atom is -0.391 e. The molecule has 0 spiro atoms. The van der Waals surface area contributed by atoms with Gasteiger partial charge in [-0.1, -0.05) is 30.3 Å². The third kappa shape index (κ3) is 4.67. The quantitative estimate of drug-likeness (QED) is 0.743. The van der Waals surface area contributed by atoms with E-state index in [2.05, 4.69) is 10.6 Å². The zero-order chi connectivity index (χ0) is 18.5. The Morgan fingerprint density at radius 2 is 2.08 bits per heavy atom. The number of aliphatic hydroxyl groups excluding tert-OH is 1. The molecule has 2 unspecified atom stereocenters. The van der Waals surface area contributed by atoms with Crippen LogP contribution < -0.4 is 10.6 Å². The van der Waals surface area contributed by atoms with Gasteiger partial charge in [0.05, 0.1) is 6.10 Å². The molecule has 1 aliphatic heterocycles. The van der Waals surface area contributed by atoms with Crippen molar-refractivity contribution in [3.05, 3.63) is 65.5 Å². The number of hydrogen-bond acceptors (Lipinski definition) is 3.